The first-order chi connectivity index (χ1) is 7.74. The molecule has 0 aliphatic carbocycles. The molecule has 0 radical (unpaired) electrons. The van der Waals surface area contributed by atoms with Gasteiger partial charge in [-0.2, -0.15) is 0 Å². The number of esters is 1. The maximum atomic E-state index is 11.3. The highest BCUT2D eigenvalue weighted by molar-refractivity contribution is 5.71. The number of carbonyl (C=O) groups excluding carboxylic acids is 1. The van der Waals surface area contributed by atoms with Crippen molar-refractivity contribution in [2.45, 2.75) is 39.2 Å². The summed E-state index contributed by atoms with van der Waals surface area (Å²) in [5.41, 5.74) is 0. The van der Waals surface area contributed by atoms with E-state index in [1.807, 2.05) is 0 Å². The third-order valence-electron chi connectivity index (χ3n) is 2.97. The van der Waals surface area contributed by atoms with E-state index in [4.69, 9.17) is 9.47 Å². The molecule has 0 amide bonds. The number of hydrogen-bond acceptors (Lipinski definition) is 4. The number of unbranched alkanes of at least 4 members (excludes halogenated alkanes) is 1. The smallest absolute Gasteiger partial charge is 0.319 e. The Balaban J connectivity index is 1.99. The summed E-state index contributed by atoms with van der Waals surface area (Å²) in [6, 6.07) is 0. The molecule has 2 atom stereocenters. The predicted octanol–water partition coefficient (Wildman–Crippen LogP) is 1.34. The molecule has 1 rings (SSSR count). The van der Waals surface area contributed by atoms with Crippen molar-refractivity contribution in [3.05, 3.63) is 0 Å². The van der Waals surface area contributed by atoms with E-state index in [9.17, 15) is 4.79 Å². The van der Waals surface area contributed by atoms with Crippen LogP contribution in [0.4, 0.5) is 0 Å². The second kappa shape index (κ2) is 7.63. The van der Waals surface area contributed by atoms with Gasteiger partial charge in [-0.25, -0.2) is 0 Å². The first-order valence-corrected chi connectivity index (χ1v) is 6.22. The largest absolute Gasteiger partial charge is 0.465 e. The Morgan fingerprint density at radius 3 is 3.00 bits per heavy atom. The van der Waals surface area contributed by atoms with Gasteiger partial charge in [0.05, 0.1) is 19.3 Å². The number of nitrogens with one attached hydrogen (secondary N) is 1. The fourth-order valence-electron chi connectivity index (χ4n) is 1.79. The van der Waals surface area contributed by atoms with Gasteiger partial charge in [-0.05, 0) is 25.7 Å². The van der Waals surface area contributed by atoms with Gasteiger partial charge in [-0.3, -0.25) is 4.79 Å². The molecule has 4 nitrogen and oxygen atoms in total. The molecule has 94 valence electrons. The van der Waals surface area contributed by atoms with Gasteiger partial charge in [0.15, 0.2) is 0 Å². The molecule has 1 saturated heterocycles. The average molecular weight is 229 g/mol. The maximum absolute atomic E-state index is 11.3. The van der Waals surface area contributed by atoms with Gasteiger partial charge in [0, 0.05) is 13.2 Å². The zero-order chi connectivity index (χ0) is 11.8. The maximum Gasteiger partial charge on any atom is 0.319 e. The molecule has 1 aliphatic heterocycles. The normalized spacial score (nSPS) is 24.6. The predicted molar refractivity (Wildman–Crippen MR) is 62.3 cm³/mol. The third kappa shape index (κ3) is 4.94. The Bertz CT molecular complexity index is 208. The minimum atomic E-state index is -0.153. The van der Waals surface area contributed by atoms with Crippen LogP contribution >= 0.6 is 0 Å². The van der Waals surface area contributed by atoms with E-state index >= 15 is 0 Å². The van der Waals surface area contributed by atoms with Crippen LogP contribution in [-0.2, 0) is 14.3 Å². The van der Waals surface area contributed by atoms with Crippen molar-refractivity contribution >= 4 is 5.97 Å². The minimum Gasteiger partial charge on any atom is -0.465 e. The van der Waals surface area contributed by atoms with Crippen LogP contribution in [0.2, 0.25) is 0 Å². The lowest BCUT2D eigenvalue weighted by Gasteiger charge is -2.14. The van der Waals surface area contributed by atoms with Crippen molar-refractivity contribution in [2.24, 2.45) is 5.92 Å². The summed E-state index contributed by atoms with van der Waals surface area (Å²) in [7, 11) is 0. The third-order valence-corrected chi connectivity index (χ3v) is 2.97. The molecule has 4 heteroatoms. The molecule has 0 aromatic rings. The molecular formula is C12H23NO3. The van der Waals surface area contributed by atoms with Gasteiger partial charge in [-0.1, -0.05) is 13.3 Å². The van der Waals surface area contributed by atoms with Crippen molar-refractivity contribution in [1.29, 1.82) is 0 Å². The molecule has 1 heterocycles. The second-order valence-corrected chi connectivity index (χ2v) is 4.33. The van der Waals surface area contributed by atoms with E-state index in [0.29, 0.717) is 25.2 Å². The van der Waals surface area contributed by atoms with Gasteiger partial charge in [0.2, 0.25) is 0 Å². The van der Waals surface area contributed by atoms with E-state index in [0.717, 1.165) is 32.4 Å². The lowest BCUT2D eigenvalue weighted by molar-refractivity contribution is -0.142. The zero-order valence-corrected chi connectivity index (χ0v) is 10.3. The van der Waals surface area contributed by atoms with Crippen molar-refractivity contribution in [2.75, 3.05) is 26.3 Å². The molecule has 0 saturated carbocycles. The summed E-state index contributed by atoms with van der Waals surface area (Å²) in [5.74, 6) is 0.378. The first-order valence-electron chi connectivity index (χ1n) is 6.22. The summed E-state index contributed by atoms with van der Waals surface area (Å²) in [4.78, 5) is 11.3. The fraction of sp³-hybridized carbons (Fsp3) is 0.917. The minimum absolute atomic E-state index is 0.153. The van der Waals surface area contributed by atoms with Gasteiger partial charge in [0.1, 0.15) is 0 Å². The van der Waals surface area contributed by atoms with Crippen LogP contribution in [0, 0.1) is 5.92 Å². The number of ether oxygens (including phenoxy) is 2. The highest BCUT2D eigenvalue weighted by atomic mass is 16.5. The van der Waals surface area contributed by atoms with Crippen LogP contribution in [0.15, 0.2) is 0 Å². The number of carbonyl (C=O) groups is 1. The summed E-state index contributed by atoms with van der Waals surface area (Å²) in [5, 5.41) is 3.13. The van der Waals surface area contributed by atoms with Crippen molar-refractivity contribution in [3.63, 3.8) is 0 Å². The molecule has 16 heavy (non-hydrogen) atoms. The standard InChI is InChI=1S/C12H23NO3/c1-3-4-6-16-12(14)9-13-8-11-5-7-15-10(11)2/h10-11,13H,3-9H2,1-2H3. The monoisotopic (exact) mass is 229 g/mol. The van der Waals surface area contributed by atoms with Gasteiger partial charge in [0.25, 0.3) is 0 Å². The summed E-state index contributed by atoms with van der Waals surface area (Å²) in [6.07, 6.45) is 3.39. The zero-order valence-electron chi connectivity index (χ0n) is 10.3. The molecule has 0 aromatic carbocycles. The van der Waals surface area contributed by atoms with Gasteiger partial charge >= 0.3 is 5.97 Å². The Labute approximate surface area is 97.7 Å². The summed E-state index contributed by atoms with van der Waals surface area (Å²) < 4.78 is 10.5. The summed E-state index contributed by atoms with van der Waals surface area (Å²) in [6.45, 7) is 6.69. The molecule has 1 fully saturated rings. The van der Waals surface area contributed by atoms with Crippen LogP contribution in [0.1, 0.15) is 33.1 Å². The first kappa shape index (κ1) is 13.5. The molecule has 2 unspecified atom stereocenters. The Morgan fingerprint density at radius 1 is 1.56 bits per heavy atom. The Hall–Kier alpha value is -0.610. The SMILES string of the molecule is CCCCOC(=O)CNCC1CCOC1C. The van der Waals surface area contributed by atoms with Crippen LogP contribution in [0.5, 0.6) is 0 Å². The lowest BCUT2D eigenvalue weighted by atomic mass is 10.0. The van der Waals surface area contributed by atoms with E-state index in [1.54, 1.807) is 0 Å². The Morgan fingerprint density at radius 2 is 2.38 bits per heavy atom. The van der Waals surface area contributed by atoms with Crippen molar-refractivity contribution in [1.82, 2.24) is 5.32 Å². The number of hydrogen-bond donors (Lipinski definition) is 1. The fourth-order valence-corrected chi connectivity index (χ4v) is 1.79. The van der Waals surface area contributed by atoms with Gasteiger partial charge in [-0.15, -0.1) is 0 Å². The highest BCUT2D eigenvalue weighted by Gasteiger charge is 2.23. The van der Waals surface area contributed by atoms with Crippen LogP contribution < -0.4 is 5.32 Å². The molecule has 1 aliphatic rings. The highest BCUT2D eigenvalue weighted by Crippen LogP contribution is 2.18. The quantitative estimate of drug-likeness (QED) is 0.529. The van der Waals surface area contributed by atoms with E-state index < -0.39 is 0 Å². The van der Waals surface area contributed by atoms with E-state index in [2.05, 4.69) is 19.2 Å². The van der Waals surface area contributed by atoms with Crippen LogP contribution in [0.3, 0.4) is 0 Å². The van der Waals surface area contributed by atoms with Crippen LogP contribution in [0.25, 0.3) is 0 Å². The molecule has 0 bridgehead atoms. The molecule has 1 N–H and O–H groups in total. The van der Waals surface area contributed by atoms with Crippen molar-refractivity contribution < 1.29 is 14.3 Å². The molecule has 0 aromatic heterocycles. The summed E-state index contributed by atoms with van der Waals surface area (Å²) >= 11 is 0. The van der Waals surface area contributed by atoms with E-state index in [1.165, 1.54) is 0 Å². The molecular weight excluding hydrogens is 206 g/mol. The van der Waals surface area contributed by atoms with Gasteiger partial charge < -0.3 is 14.8 Å². The van der Waals surface area contributed by atoms with Crippen molar-refractivity contribution in [3.8, 4) is 0 Å². The average Bonchev–Trinajstić information content (AvgIpc) is 2.65. The number of rotatable bonds is 7. The van der Waals surface area contributed by atoms with E-state index in [-0.39, 0.29) is 5.97 Å². The topological polar surface area (TPSA) is 47.6 Å². The Kier molecular flexibility index (Phi) is 6.42. The lowest BCUT2D eigenvalue weighted by Crippen LogP contribution is -2.32. The van der Waals surface area contributed by atoms with Crippen LogP contribution in [-0.4, -0.2) is 38.4 Å². The molecule has 0 spiro atoms. The second-order valence-electron chi connectivity index (χ2n) is 4.33.